The quantitative estimate of drug-likeness (QED) is 0.778. The fraction of sp³-hybridized carbons (Fsp3) is 0.263. The maximum absolute atomic E-state index is 13.4. The largest absolute Gasteiger partial charge is 0.334 e. The van der Waals surface area contributed by atoms with Gasteiger partial charge in [-0.1, -0.05) is 23.4 Å². The van der Waals surface area contributed by atoms with E-state index in [2.05, 4.69) is 20.4 Å². The predicted molar refractivity (Wildman–Crippen MR) is 92.1 cm³/mol. The van der Waals surface area contributed by atoms with E-state index in [1.165, 1.54) is 24.3 Å². The van der Waals surface area contributed by atoms with Crippen LogP contribution in [0.15, 0.2) is 53.1 Å². The van der Waals surface area contributed by atoms with Crippen LogP contribution in [0.5, 0.6) is 0 Å². The number of hydrogen-bond donors (Lipinski definition) is 1. The number of benzene rings is 2. The molecule has 4 rings (SSSR count). The summed E-state index contributed by atoms with van der Waals surface area (Å²) in [7, 11) is 0. The summed E-state index contributed by atoms with van der Waals surface area (Å²) >= 11 is 0. The van der Waals surface area contributed by atoms with Crippen LogP contribution in [0.3, 0.4) is 0 Å². The first kappa shape index (κ1) is 16.8. The van der Waals surface area contributed by atoms with Crippen LogP contribution < -0.4 is 5.32 Å². The van der Waals surface area contributed by atoms with Gasteiger partial charge in [0, 0.05) is 31.2 Å². The number of nitrogens with zero attached hydrogens (tertiary/aromatic N) is 3. The molecule has 0 aliphatic carbocycles. The molecule has 1 saturated heterocycles. The van der Waals surface area contributed by atoms with Crippen LogP contribution in [0.2, 0.25) is 0 Å². The van der Waals surface area contributed by atoms with Gasteiger partial charge in [-0.3, -0.25) is 4.90 Å². The Morgan fingerprint density at radius 1 is 1.12 bits per heavy atom. The monoisotopic (exact) mass is 356 g/mol. The molecule has 1 N–H and O–H groups in total. The maximum atomic E-state index is 13.4. The summed E-state index contributed by atoms with van der Waals surface area (Å²) in [6, 6.07) is 12.7. The summed E-state index contributed by atoms with van der Waals surface area (Å²) in [5, 5.41) is 7.39. The van der Waals surface area contributed by atoms with Crippen molar-refractivity contribution in [2.45, 2.75) is 12.6 Å². The summed E-state index contributed by atoms with van der Waals surface area (Å²) in [5.74, 6) is 0.244. The van der Waals surface area contributed by atoms with Gasteiger partial charge in [0.25, 0.3) is 5.89 Å². The first-order chi connectivity index (χ1) is 12.7. The van der Waals surface area contributed by atoms with E-state index in [9.17, 15) is 8.78 Å². The van der Waals surface area contributed by atoms with Crippen molar-refractivity contribution in [3.05, 3.63) is 71.6 Å². The molecule has 0 spiro atoms. The lowest BCUT2D eigenvalue weighted by molar-refractivity contribution is 0.148. The lowest BCUT2D eigenvalue weighted by Crippen LogP contribution is -2.45. The third kappa shape index (κ3) is 3.63. The highest BCUT2D eigenvalue weighted by Gasteiger charge is 2.25. The summed E-state index contributed by atoms with van der Waals surface area (Å²) in [6.07, 6.45) is 0. The molecular formula is C19H18F2N4O. The molecule has 1 unspecified atom stereocenters. The smallest absolute Gasteiger partial charge is 0.258 e. The lowest BCUT2D eigenvalue weighted by atomic mass is 10.0. The summed E-state index contributed by atoms with van der Waals surface area (Å²) < 4.78 is 31.9. The van der Waals surface area contributed by atoms with Crippen molar-refractivity contribution >= 4 is 0 Å². The molecule has 7 heteroatoms. The number of hydrogen-bond acceptors (Lipinski definition) is 5. The molecule has 5 nitrogen and oxygen atoms in total. The number of piperazine rings is 1. The molecule has 0 bridgehead atoms. The molecule has 134 valence electrons. The van der Waals surface area contributed by atoms with Gasteiger partial charge in [-0.25, -0.2) is 8.78 Å². The third-order valence-electron chi connectivity index (χ3n) is 4.49. The SMILES string of the molecule is Fc1ccc(C2CNCCN2Cc2noc(-c3cccc(F)c3)n2)cc1. The second-order valence-corrected chi connectivity index (χ2v) is 6.27. The average Bonchev–Trinajstić information content (AvgIpc) is 3.12. The number of nitrogens with one attached hydrogen (secondary N) is 1. The Balaban J connectivity index is 1.52. The van der Waals surface area contributed by atoms with E-state index < -0.39 is 0 Å². The van der Waals surface area contributed by atoms with Gasteiger partial charge < -0.3 is 9.84 Å². The molecule has 2 heterocycles. The fourth-order valence-corrected chi connectivity index (χ4v) is 3.19. The average molecular weight is 356 g/mol. The van der Waals surface area contributed by atoms with E-state index in [-0.39, 0.29) is 17.7 Å². The molecule has 2 aromatic carbocycles. The van der Waals surface area contributed by atoms with Gasteiger partial charge in [0.05, 0.1) is 6.54 Å². The van der Waals surface area contributed by atoms with Crippen molar-refractivity contribution in [3.8, 4) is 11.5 Å². The summed E-state index contributed by atoms with van der Waals surface area (Å²) in [5.41, 5.74) is 1.59. The Morgan fingerprint density at radius 3 is 2.77 bits per heavy atom. The minimum Gasteiger partial charge on any atom is -0.334 e. The van der Waals surface area contributed by atoms with Crippen molar-refractivity contribution in [3.63, 3.8) is 0 Å². The van der Waals surface area contributed by atoms with E-state index in [1.807, 2.05) is 0 Å². The fourth-order valence-electron chi connectivity index (χ4n) is 3.19. The van der Waals surface area contributed by atoms with Crippen molar-refractivity contribution < 1.29 is 13.3 Å². The van der Waals surface area contributed by atoms with E-state index in [0.29, 0.717) is 23.8 Å². The van der Waals surface area contributed by atoms with Crippen LogP contribution in [-0.4, -0.2) is 34.7 Å². The zero-order valence-electron chi connectivity index (χ0n) is 14.0. The van der Waals surface area contributed by atoms with E-state index >= 15 is 0 Å². The third-order valence-corrected chi connectivity index (χ3v) is 4.49. The second-order valence-electron chi connectivity index (χ2n) is 6.27. The molecular weight excluding hydrogens is 338 g/mol. The van der Waals surface area contributed by atoms with Crippen LogP contribution in [0, 0.1) is 11.6 Å². The molecule has 26 heavy (non-hydrogen) atoms. The predicted octanol–water partition coefficient (Wildman–Crippen LogP) is 3.16. The van der Waals surface area contributed by atoms with Gasteiger partial charge in [0.1, 0.15) is 11.6 Å². The minimum atomic E-state index is -0.347. The molecule has 1 atom stereocenters. The Bertz CT molecular complexity index is 881. The zero-order valence-corrected chi connectivity index (χ0v) is 14.0. The second kappa shape index (κ2) is 7.31. The first-order valence-corrected chi connectivity index (χ1v) is 8.48. The van der Waals surface area contributed by atoms with Gasteiger partial charge in [0.15, 0.2) is 5.82 Å². The molecule has 1 aliphatic heterocycles. The number of aromatic nitrogens is 2. The van der Waals surface area contributed by atoms with Crippen LogP contribution in [0.4, 0.5) is 8.78 Å². The number of rotatable bonds is 4. The number of halogens is 2. The highest BCUT2D eigenvalue weighted by Crippen LogP contribution is 2.25. The topological polar surface area (TPSA) is 54.2 Å². The molecule has 0 saturated carbocycles. The zero-order chi connectivity index (χ0) is 17.9. The van der Waals surface area contributed by atoms with Crippen LogP contribution >= 0.6 is 0 Å². The van der Waals surface area contributed by atoms with Crippen LogP contribution in [0.1, 0.15) is 17.4 Å². The Morgan fingerprint density at radius 2 is 1.96 bits per heavy atom. The molecule has 1 fully saturated rings. The lowest BCUT2D eigenvalue weighted by Gasteiger charge is -2.35. The van der Waals surface area contributed by atoms with Gasteiger partial charge >= 0.3 is 0 Å². The standard InChI is InChI=1S/C19H18F2N4O/c20-15-6-4-13(5-7-15)17-11-22-8-9-25(17)12-18-23-19(26-24-18)14-2-1-3-16(21)10-14/h1-7,10,17,22H,8-9,11-12H2. The Kier molecular flexibility index (Phi) is 4.73. The molecule has 1 aliphatic rings. The Hall–Kier alpha value is -2.64. The first-order valence-electron chi connectivity index (χ1n) is 8.48. The van der Waals surface area contributed by atoms with Gasteiger partial charge in [-0.05, 0) is 35.9 Å². The highest BCUT2D eigenvalue weighted by atomic mass is 19.1. The molecule has 0 radical (unpaired) electrons. The molecule has 3 aromatic rings. The van der Waals surface area contributed by atoms with Crippen molar-refractivity contribution in [2.24, 2.45) is 0 Å². The summed E-state index contributed by atoms with van der Waals surface area (Å²) in [4.78, 5) is 6.62. The van der Waals surface area contributed by atoms with Crippen LogP contribution in [0.25, 0.3) is 11.5 Å². The normalized spacial score (nSPS) is 18.2. The van der Waals surface area contributed by atoms with Crippen molar-refractivity contribution in [2.75, 3.05) is 19.6 Å². The highest BCUT2D eigenvalue weighted by molar-refractivity contribution is 5.52. The minimum absolute atomic E-state index is 0.0977. The summed E-state index contributed by atoms with van der Waals surface area (Å²) in [6.45, 7) is 2.93. The maximum Gasteiger partial charge on any atom is 0.258 e. The van der Waals surface area contributed by atoms with Crippen LogP contribution in [-0.2, 0) is 6.54 Å². The van der Waals surface area contributed by atoms with E-state index in [4.69, 9.17) is 4.52 Å². The van der Waals surface area contributed by atoms with Crippen molar-refractivity contribution in [1.29, 1.82) is 0 Å². The van der Waals surface area contributed by atoms with E-state index in [1.54, 1.807) is 24.3 Å². The van der Waals surface area contributed by atoms with Gasteiger partial charge in [0.2, 0.25) is 0 Å². The Labute approximate surface area is 149 Å². The van der Waals surface area contributed by atoms with Gasteiger partial charge in [-0.2, -0.15) is 4.98 Å². The van der Waals surface area contributed by atoms with Gasteiger partial charge in [-0.15, -0.1) is 0 Å². The van der Waals surface area contributed by atoms with Crippen molar-refractivity contribution in [1.82, 2.24) is 20.4 Å². The molecule has 1 aromatic heterocycles. The van der Waals surface area contributed by atoms with E-state index in [0.717, 1.165) is 25.2 Å². The molecule has 0 amide bonds.